The largest absolute Gasteiger partial charge is 0.377 e. The number of hydrogen-bond acceptors (Lipinski definition) is 7. The molecule has 0 radical (unpaired) electrons. The van der Waals surface area contributed by atoms with Crippen molar-refractivity contribution in [1.29, 1.82) is 0 Å². The highest BCUT2D eigenvalue weighted by molar-refractivity contribution is 7.92. The van der Waals surface area contributed by atoms with E-state index in [1.807, 2.05) is 6.92 Å². The summed E-state index contributed by atoms with van der Waals surface area (Å²) in [4.78, 5) is 22.9. The van der Waals surface area contributed by atoms with E-state index < -0.39 is 20.4 Å². The highest BCUT2D eigenvalue weighted by Crippen LogP contribution is 2.55. The first-order valence-corrected chi connectivity index (χ1v) is 13.6. The third-order valence-corrected chi connectivity index (χ3v) is 9.37. The average Bonchev–Trinajstić information content (AvgIpc) is 3.72. The second-order valence-electron chi connectivity index (χ2n) is 9.26. The molecule has 1 aromatic heterocycles. The number of ether oxygens (including phenoxy) is 1. The van der Waals surface area contributed by atoms with E-state index in [0.29, 0.717) is 61.2 Å². The van der Waals surface area contributed by atoms with Crippen LogP contribution in [0.25, 0.3) is 11.4 Å². The van der Waals surface area contributed by atoms with Crippen LogP contribution in [0, 0.1) is 5.82 Å². The third kappa shape index (κ3) is 4.64. The Kier molecular flexibility index (Phi) is 6.59. The quantitative estimate of drug-likeness (QED) is 0.504. The summed E-state index contributed by atoms with van der Waals surface area (Å²) in [5.41, 5.74) is 1.59. The Bertz CT molecular complexity index is 1430. The van der Waals surface area contributed by atoms with E-state index in [0.717, 1.165) is 6.07 Å². The Balaban J connectivity index is 1.60. The molecule has 0 unspecified atom stereocenters. The summed E-state index contributed by atoms with van der Waals surface area (Å²) in [6, 6.07) is 13.8. The molecular formula is C26H28FN5O4S. The van der Waals surface area contributed by atoms with E-state index in [-0.39, 0.29) is 17.0 Å². The first-order chi connectivity index (χ1) is 17.7. The van der Waals surface area contributed by atoms with Gasteiger partial charge in [0.05, 0.1) is 24.9 Å². The Morgan fingerprint density at radius 1 is 1.14 bits per heavy atom. The van der Waals surface area contributed by atoms with Crippen molar-refractivity contribution in [2.75, 3.05) is 37.0 Å². The maximum atomic E-state index is 14.6. The summed E-state index contributed by atoms with van der Waals surface area (Å²) in [6.45, 7) is 3.66. The number of nitrogens with one attached hydrogen (secondary N) is 2. The lowest BCUT2D eigenvalue weighted by Crippen LogP contribution is -2.44. The van der Waals surface area contributed by atoms with E-state index in [1.54, 1.807) is 30.3 Å². The smallest absolute Gasteiger partial charge is 0.318 e. The van der Waals surface area contributed by atoms with Gasteiger partial charge < -0.3 is 20.3 Å². The van der Waals surface area contributed by atoms with Crippen LogP contribution in [0.4, 0.5) is 20.7 Å². The van der Waals surface area contributed by atoms with Crippen LogP contribution in [-0.4, -0.2) is 57.3 Å². The fourth-order valence-corrected chi connectivity index (χ4v) is 6.58. The zero-order valence-electron chi connectivity index (χ0n) is 20.6. The van der Waals surface area contributed by atoms with Crippen molar-refractivity contribution in [3.05, 3.63) is 66.1 Å². The second kappa shape index (κ2) is 9.71. The van der Waals surface area contributed by atoms with Crippen LogP contribution in [-0.2, 0) is 19.3 Å². The number of hydrogen-bond donors (Lipinski definition) is 2. The lowest BCUT2D eigenvalue weighted by molar-refractivity contribution is 0.0985. The molecule has 2 fully saturated rings. The Morgan fingerprint density at radius 2 is 1.86 bits per heavy atom. The number of rotatable bonds is 6. The van der Waals surface area contributed by atoms with E-state index in [1.165, 1.54) is 25.2 Å². The van der Waals surface area contributed by atoms with Crippen LogP contribution in [0.2, 0.25) is 0 Å². The summed E-state index contributed by atoms with van der Waals surface area (Å²) < 4.78 is 46.3. The molecule has 2 aliphatic rings. The Labute approximate surface area is 215 Å². The van der Waals surface area contributed by atoms with Gasteiger partial charge in [-0.25, -0.2) is 27.6 Å². The van der Waals surface area contributed by atoms with Crippen molar-refractivity contribution in [2.45, 2.75) is 35.4 Å². The number of aromatic nitrogens is 2. The van der Waals surface area contributed by atoms with Crippen molar-refractivity contribution in [3.8, 4) is 11.4 Å². The SMILES string of the molecule is CNC(=O)Nc1ccc(-c2nc(N3CCOC[C@@H]3C)cc(C3(S(=O)(=O)c4ccccc4F)CC3)n2)cc1. The number of amides is 2. The van der Waals surface area contributed by atoms with Crippen molar-refractivity contribution >= 4 is 27.4 Å². The summed E-state index contributed by atoms with van der Waals surface area (Å²) in [6.07, 6.45) is 0.681. The van der Waals surface area contributed by atoms with Gasteiger partial charge in [-0.3, -0.25) is 0 Å². The molecule has 2 aromatic carbocycles. The molecule has 0 spiro atoms. The predicted octanol–water partition coefficient (Wildman–Crippen LogP) is 3.72. The van der Waals surface area contributed by atoms with Gasteiger partial charge in [0.1, 0.15) is 21.3 Å². The van der Waals surface area contributed by atoms with Gasteiger partial charge in [0, 0.05) is 30.9 Å². The van der Waals surface area contributed by atoms with Crippen LogP contribution in [0.1, 0.15) is 25.5 Å². The molecule has 11 heteroatoms. The summed E-state index contributed by atoms with van der Waals surface area (Å²) in [5.74, 6) is 0.176. The van der Waals surface area contributed by atoms with Crippen LogP contribution in [0.15, 0.2) is 59.5 Å². The minimum absolute atomic E-state index is 0.0295. The van der Waals surface area contributed by atoms with Crippen molar-refractivity contribution in [2.24, 2.45) is 0 Å². The van der Waals surface area contributed by atoms with Crippen LogP contribution >= 0.6 is 0 Å². The number of benzene rings is 2. The van der Waals surface area contributed by atoms with Crippen LogP contribution < -0.4 is 15.5 Å². The molecule has 2 heterocycles. The molecule has 194 valence electrons. The average molecular weight is 526 g/mol. The fraction of sp³-hybridized carbons (Fsp3) is 0.346. The van der Waals surface area contributed by atoms with E-state index in [2.05, 4.69) is 15.5 Å². The minimum atomic E-state index is -4.06. The number of carbonyl (C=O) groups excluding carboxylic acids is 1. The molecule has 1 saturated heterocycles. The van der Waals surface area contributed by atoms with Gasteiger partial charge in [-0.15, -0.1) is 0 Å². The van der Waals surface area contributed by atoms with Gasteiger partial charge in [0.15, 0.2) is 15.7 Å². The maximum absolute atomic E-state index is 14.6. The summed E-state index contributed by atoms with van der Waals surface area (Å²) in [7, 11) is -2.53. The van der Waals surface area contributed by atoms with Gasteiger partial charge in [-0.1, -0.05) is 12.1 Å². The summed E-state index contributed by atoms with van der Waals surface area (Å²) in [5, 5.41) is 5.20. The summed E-state index contributed by atoms with van der Waals surface area (Å²) >= 11 is 0. The lowest BCUT2D eigenvalue weighted by Gasteiger charge is -2.34. The van der Waals surface area contributed by atoms with E-state index >= 15 is 0 Å². The lowest BCUT2D eigenvalue weighted by atomic mass is 10.1. The monoisotopic (exact) mass is 525 g/mol. The molecular weight excluding hydrogens is 497 g/mol. The molecule has 2 amide bonds. The predicted molar refractivity (Wildman–Crippen MR) is 138 cm³/mol. The normalized spacial score (nSPS) is 18.8. The maximum Gasteiger partial charge on any atom is 0.318 e. The van der Waals surface area contributed by atoms with E-state index in [9.17, 15) is 17.6 Å². The number of sulfone groups is 1. The third-order valence-electron chi connectivity index (χ3n) is 6.81. The molecule has 2 N–H and O–H groups in total. The molecule has 3 aromatic rings. The minimum Gasteiger partial charge on any atom is -0.377 e. The van der Waals surface area contributed by atoms with Gasteiger partial charge in [0.2, 0.25) is 0 Å². The number of urea groups is 1. The molecule has 1 atom stereocenters. The zero-order chi connectivity index (χ0) is 26.2. The zero-order valence-corrected chi connectivity index (χ0v) is 21.4. The van der Waals surface area contributed by atoms with Crippen molar-refractivity contribution in [3.63, 3.8) is 0 Å². The second-order valence-corrected chi connectivity index (χ2v) is 11.5. The number of halogens is 1. The highest BCUT2D eigenvalue weighted by atomic mass is 32.2. The molecule has 9 nitrogen and oxygen atoms in total. The molecule has 37 heavy (non-hydrogen) atoms. The fourth-order valence-electron chi connectivity index (χ4n) is 4.56. The highest BCUT2D eigenvalue weighted by Gasteiger charge is 2.58. The van der Waals surface area contributed by atoms with Crippen molar-refractivity contribution in [1.82, 2.24) is 15.3 Å². The number of nitrogens with zero attached hydrogens (tertiary/aromatic N) is 3. The molecule has 1 aliphatic heterocycles. The number of carbonyl (C=O) groups is 1. The van der Waals surface area contributed by atoms with Gasteiger partial charge in [-0.05, 0) is 56.2 Å². The van der Waals surface area contributed by atoms with Gasteiger partial charge in [0.25, 0.3) is 0 Å². The van der Waals surface area contributed by atoms with Crippen LogP contribution in [0.3, 0.4) is 0 Å². The number of anilines is 2. The molecule has 0 bridgehead atoms. The standard InChI is InChI=1S/C26H28FN5O4S/c1-17-16-36-14-13-32(17)23-15-22(26(11-12-26)37(34,35)21-6-4-3-5-20(21)27)30-24(31-23)18-7-9-19(10-8-18)29-25(33)28-2/h3-10,15,17H,11-14,16H2,1-2H3,(H2,28,29,33)/t17-/m0/s1. The van der Waals surface area contributed by atoms with E-state index in [4.69, 9.17) is 14.7 Å². The van der Waals surface area contributed by atoms with Gasteiger partial charge >= 0.3 is 6.03 Å². The Hall–Kier alpha value is -3.57. The molecule has 5 rings (SSSR count). The molecule has 1 saturated carbocycles. The number of morpholine rings is 1. The van der Waals surface area contributed by atoms with Gasteiger partial charge in [-0.2, -0.15) is 0 Å². The first kappa shape index (κ1) is 25.1. The molecule has 1 aliphatic carbocycles. The topological polar surface area (TPSA) is 114 Å². The Morgan fingerprint density at radius 3 is 2.51 bits per heavy atom. The van der Waals surface area contributed by atoms with Crippen molar-refractivity contribution < 1.29 is 22.3 Å². The van der Waals surface area contributed by atoms with Crippen LogP contribution in [0.5, 0.6) is 0 Å². The first-order valence-electron chi connectivity index (χ1n) is 12.1.